The summed E-state index contributed by atoms with van der Waals surface area (Å²) in [5.74, 6) is 1.70. The second-order valence-corrected chi connectivity index (χ2v) is 5.69. The van der Waals surface area contributed by atoms with Gasteiger partial charge in [-0.05, 0) is 26.0 Å². The maximum atomic E-state index is 11.8. The average Bonchev–Trinajstić information content (AvgIpc) is 2.58. The SMILES string of the molecule is C=C(C)CNC(=NCC(=O)N(C)C)Nc1ccc(OCC)c(OC)c1. The normalized spacial score (nSPS) is 10.8. The standard InChI is InChI=1S/C18H28N4O3/c1-7-25-15-9-8-14(10-16(15)24-6)21-18(19-11-13(2)3)20-12-17(23)22(4)5/h8-10H,2,7,11-12H2,1,3-6H3,(H2,19,20,21). The molecule has 0 unspecified atom stereocenters. The number of ether oxygens (including phenoxy) is 2. The maximum absolute atomic E-state index is 11.8. The second kappa shape index (κ2) is 10.2. The zero-order valence-electron chi connectivity index (χ0n) is 15.7. The Morgan fingerprint density at radius 2 is 2.04 bits per heavy atom. The molecule has 0 aliphatic carbocycles. The molecule has 1 aromatic carbocycles. The number of amides is 1. The van der Waals surface area contributed by atoms with Gasteiger partial charge < -0.3 is 25.0 Å². The first-order valence-corrected chi connectivity index (χ1v) is 8.08. The molecule has 0 fully saturated rings. The van der Waals surface area contributed by atoms with Crippen molar-refractivity contribution < 1.29 is 14.3 Å². The lowest BCUT2D eigenvalue weighted by Gasteiger charge is -2.15. The summed E-state index contributed by atoms with van der Waals surface area (Å²) in [6.45, 7) is 8.85. The van der Waals surface area contributed by atoms with Gasteiger partial charge >= 0.3 is 0 Å². The van der Waals surface area contributed by atoms with E-state index in [1.165, 1.54) is 4.90 Å². The van der Waals surface area contributed by atoms with Crippen molar-refractivity contribution in [2.45, 2.75) is 13.8 Å². The molecule has 2 N–H and O–H groups in total. The molecule has 0 saturated heterocycles. The number of hydrogen-bond donors (Lipinski definition) is 2. The number of guanidine groups is 1. The lowest BCUT2D eigenvalue weighted by atomic mass is 10.2. The quantitative estimate of drug-likeness (QED) is 0.428. The molecule has 25 heavy (non-hydrogen) atoms. The zero-order valence-corrected chi connectivity index (χ0v) is 15.7. The van der Waals surface area contributed by atoms with Gasteiger partial charge in [-0.25, -0.2) is 4.99 Å². The van der Waals surface area contributed by atoms with Crippen molar-refractivity contribution in [1.82, 2.24) is 10.2 Å². The number of carbonyl (C=O) groups excluding carboxylic acids is 1. The van der Waals surface area contributed by atoms with Crippen molar-refractivity contribution in [3.8, 4) is 11.5 Å². The Morgan fingerprint density at radius 1 is 1.32 bits per heavy atom. The summed E-state index contributed by atoms with van der Waals surface area (Å²) in [6, 6.07) is 5.50. The largest absolute Gasteiger partial charge is 0.493 e. The van der Waals surface area contributed by atoms with Gasteiger partial charge in [-0.3, -0.25) is 4.79 Å². The van der Waals surface area contributed by atoms with Crippen LogP contribution in [0.1, 0.15) is 13.8 Å². The first-order valence-electron chi connectivity index (χ1n) is 8.08. The highest BCUT2D eigenvalue weighted by atomic mass is 16.5. The Morgan fingerprint density at radius 3 is 2.60 bits per heavy atom. The molecular formula is C18H28N4O3. The summed E-state index contributed by atoms with van der Waals surface area (Å²) in [6.07, 6.45) is 0. The number of methoxy groups -OCH3 is 1. The first kappa shape index (κ1) is 20.3. The first-order chi connectivity index (χ1) is 11.9. The summed E-state index contributed by atoms with van der Waals surface area (Å²) in [5, 5.41) is 6.30. The van der Waals surface area contributed by atoms with Crippen molar-refractivity contribution in [3.63, 3.8) is 0 Å². The number of anilines is 1. The predicted octanol–water partition coefficient (Wildman–Crippen LogP) is 2.12. The van der Waals surface area contributed by atoms with Gasteiger partial charge in [0.2, 0.25) is 5.91 Å². The number of nitrogens with one attached hydrogen (secondary N) is 2. The van der Waals surface area contributed by atoms with Gasteiger partial charge in [0.25, 0.3) is 0 Å². The van der Waals surface area contributed by atoms with Crippen molar-refractivity contribution in [2.75, 3.05) is 46.2 Å². The molecule has 138 valence electrons. The van der Waals surface area contributed by atoms with Crippen LogP contribution in [0.25, 0.3) is 0 Å². The maximum Gasteiger partial charge on any atom is 0.243 e. The highest BCUT2D eigenvalue weighted by Gasteiger charge is 2.08. The fourth-order valence-corrected chi connectivity index (χ4v) is 1.82. The van der Waals surface area contributed by atoms with Crippen LogP contribution in [0, 0.1) is 0 Å². The molecule has 0 aromatic heterocycles. The molecule has 0 saturated carbocycles. The van der Waals surface area contributed by atoms with Crippen LogP contribution < -0.4 is 20.1 Å². The molecule has 0 atom stereocenters. The van der Waals surface area contributed by atoms with Crippen LogP contribution in [-0.4, -0.2) is 57.7 Å². The number of likely N-dealkylation sites (N-methyl/N-ethyl adjacent to an activating group) is 1. The van der Waals surface area contributed by atoms with E-state index >= 15 is 0 Å². The van der Waals surface area contributed by atoms with Crippen LogP contribution in [0.3, 0.4) is 0 Å². The Hall–Kier alpha value is -2.70. The van der Waals surface area contributed by atoms with E-state index in [4.69, 9.17) is 9.47 Å². The predicted molar refractivity (Wildman–Crippen MR) is 102 cm³/mol. The topological polar surface area (TPSA) is 75.2 Å². The van der Waals surface area contributed by atoms with Crippen LogP contribution >= 0.6 is 0 Å². The smallest absolute Gasteiger partial charge is 0.243 e. The van der Waals surface area contributed by atoms with Crippen LogP contribution in [0.2, 0.25) is 0 Å². The summed E-state index contributed by atoms with van der Waals surface area (Å²) in [4.78, 5) is 17.6. The molecule has 0 aliphatic rings. The minimum absolute atomic E-state index is 0.0483. The lowest BCUT2D eigenvalue weighted by molar-refractivity contribution is -0.127. The highest BCUT2D eigenvalue weighted by Crippen LogP contribution is 2.30. The molecule has 1 amide bonds. The average molecular weight is 348 g/mol. The van der Waals surface area contributed by atoms with E-state index in [0.717, 1.165) is 11.3 Å². The lowest BCUT2D eigenvalue weighted by Crippen LogP contribution is -2.34. The van der Waals surface area contributed by atoms with Gasteiger partial charge in [0.1, 0.15) is 6.54 Å². The van der Waals surface area contributed by atoms with Crippen molar-refractivity contribution >= 4 is 17.6 Å². The van der Waals surface area contributed by atoms with E-state index < -0.39 is 0 Å². The van der Waals surface area contributed by atoms with E-state index in [-0.39, 0.29) is 12.5 Å². The molecule has 1 aromatic rings. The Balaban J connectivity index is 2.93. The number of hydrogen-bond acceptors (Lipinski definition) is 4. The van der Waals surface area contributed by atoms with Crippen LogP contribution in [0.4, 0.5) is 5.69 Å². The van der Waals surface area contributed by atoms with Gasteiger partial charge in [0.05, 0.1) is 13.7 Å². The van der Waals surface area contributed by atoms with Crippen molar-refractivity contribution in [1.29, 1.82) is 0 Å². The number of benzene rings is 1. The third-order valence-electron chi connectivity index (χ3n) is 3.16. The third-order valence-corrected chi connectivity index (χ3v) is 3.16. The minimum Gasteiger partial charge on any atom is -0.493 e. The fraction of sp³-hybridized carbons (Fsp3) is 0.444. The van der Waals surface area contributed by atoms with Gasteiger partial charge in [-0.1, -0.05) is 12.2 Å². The van der Waals surface area contributed by atoms with Gasteiger partial charge in [0, 0.05) is 32.4 Å². The number of carbonyl (C=O) groups is 1. The molecule has 7 heteroatoms. The molecular weight excluding hydrogens is 320 g/mol. The second-order valence-electron chi connectivity index (χ2n) is 5.69. The Kier molecular flexibility index (Phi) is 8.32. The van der Waals surface area contributed by atoms with E-state index in [0.29, 0.717) is 30.6 Å². The zero-order chi connectivity index (χ0) is 18.8. The fourth-order valence-electron chi connectivity index (χ4n) is 1.82. The van der Waals surface area contributed by atoms with E-state index in [1.807, 2.05) is 32.0 Å². The van der Waals surface area contributed by atoms with Crippen molar-refractivity contribution in [2.24, 2.45) is 4.99 Å². The number of aliphatic imine (C=N–C) groups is 1. The molecule has 0 heterocycles. The van der Waals surface area contributed by atoms with Crippen LogP contribution in [0.15, 0.2) is 35.3 Å². The minimum atomic E-state index is -0.0827. The van der Waals surface area contributed by atoms with Crippen LogP contribution in [-0.2, 0) is 4.79 Å². The third kappa shape index (κ3) is 7.15. The molecule has 0 aliphatic heterocycles. The molecule has 0 radical (unpaired) electrons. The van der Waals surface area contributed by atoms with Crippen LogP contribution in [0.5, 0.6) is 11.5 Å². The Bertz CT molecular complexity index is 627. The van der Waals surface area contributed by atoms with E-state index in [1.54, 1.807) is 21.2 Å². The molecule has 0 bridgehead atoms. The van der Waals surface area contributed by atoms with Gasteiger partial charge in [-0.15, -0.1) is 0 Å². The molecule has 1 rings (SSSR count). The summed E-state index contributed by atoms with van der Waals surface area (Å²) in [5.41, 5.74) is 1.73. The van der Waals surface area contributed by atoms with Gasteiger partial charge in [-0.2, -0.15) is 0 Å². The summed E-state index contributed by atoms with van der Waals surface area (Å²) >= 11 is 0. The van der Waals surface area contributed by atoms with Gasteiger partial charge in [0.15, 0.2) is 17.5 Å². The summed E-state index contributed by atoms with van der Waals surface area (Å²) in [7, 11) is 4.99. The Labute approximate surface area is 149 Å². The number of nitrogens with zero attached hydrogens (tertiary/aromatic N) is 2. The van der Waals surface area contributed by atoms with E-state index in [2.05, 4.69) is 22.2 Å². The highest BCUT2D eigenvalue weighted by molar-refractivity contribution is 5.95. The van der Waals surface area contributed by atoms with Crippen molar-refractivity contribution in [3.05, 3.63) is 30.4 Å². The number of rotatable bonds is 8. The summed E-state index contributed by atoms with van der Waals surface area (Å²) < 4.78 is 10.9. The molecule has 7 nitrogen and oxygen atoms in total. The monoisotopic (exact) mass is 348 g/mol. The molecule has 0 spiro atoms. The van der Waals surface area contributed by atoms with E-state index in [9.17, 15) is 4.79 Å².